The molecule has 1 atom stereocenters. The van der Waals surface area contributed by atoms with Gasteiger partial charge >= 0.3 is 0 Å². The van der Waals surface area contributed by atoms with Gasteiger partial charge in [-0.05, 0) is 68.5 Å². The molecular weight excluding hydrogens is 395 g/mol. The van der Waals surface area contributed by atoms with E-state index >= 15 is 0 Å². The molecule has 0 aromatic heterocycles. The predicted octanol–water partition coefficient (Wildman–Crippen LogP) is 4.38. The first-order chi connectivity index (χ1) is 15.1. The summed E-state index contributed by atoms with van der Waals surface area (Å²) in [5.74, 6) is 0.402. The molecule has 0 N–H and O–H groups in total. The number of carbonyl (C=O) groups excluding carboxylic acids is 2. The smallest absolute Gasteiger partial charge is 0.253 e. The number of ether oxygens (including phenoxy) is 1. The summed E-state index contributed by atoms with van der Waals surface area (Å²) in [7, 11) is 0. The van der Waals surface area contributed by atoms with Crippen molar-refractivity contribution in [3.8, 4) is 5.75 Å². The second-order valence-corrected chi connectivity index (χ2v) is 8.46. The molecule has 0 radical (unpaired) electrons. The van der Waals surface area contributed by atoms with Crippen molar-refractivity contribution in [1.29, 1.82) is 0 Å². The van der Waals surface area contributed by atoms with E-state index in [1.165, 1.54) is 18.6 Å². The lowest BCUT2D eigenvalue weighted by Gasteiger charge is -2.32. The van der Waals surface area contributed by atoms with Gasteiger partial charge in [0.2, 0.25) is 0 Å². The zero-order valence-electron chi connectivity index (χ0n) is 17.8. The van der Waals surface area contributed by atoms with Crippen LogP contribution in [-0.4, -0.2) is 54.4 Å². The van der Waals surface area contributed by atoms with E-state index in [0.29, 0.717) is 36.6 Å². The third kappa shape index (κ3) is 5.43. The number of rotatable bonds is 5. The summed E-state index contributed by atoms with van der Waals surface area (Å²) in [5, 5.41) is 0. The highest BCUT2D eigenvalue weighted by molar-refractivity contribution is 5.95. The summed E-state index contributed by atoms with van der Waals surface area (Å²) in [5.41, 5.74) is 1.04. The second kappa shape index (κ2) is 9.94. The standard InChI is InChI=1S/C25H29FN2O3/c26-22-10-4-8-20(15-22)25(30)28-14-6-7-19(17-28)18-31-23-11-5-9-21(16-23)24(29)27-12-2-1-3-13-27/h4-5,8-11,15-16,19H,1-3,6-7,12-14,17-18H2/t19-/m1/s1. The van der Waals surface area contributed by atoms with Gasteiger partial charge < -0.3 is 14.5 Å². The quantitative estimate of drug-likeness (QED) is 0.716. The van der Waals surface area contributed by atoms with Crippen LogP contribution in [0.5, 0.6) is 5.75 Å². The van der Waals surface area contributed by atoms with Crippen molar-refractivity contribution in [3.05, 3.63) is 65.5 Å². The molecule has 164 valence electrons. The topological polar surface area (TPSA) is 49.9 Å². The van der Waals surface area contributed by atoms with Crippen molar-refractivity contribution in [1.82, 2.24) is 9.80 Å². The number of piperidine rings is 2. The molecule has 5 nitrogen and oxygen atoms in total. The highest BCUT2D eigenvalue weighted by Gasteiger charge is 2.25. The van der Waals surface area contributed by atoms with Gasteiger partial charge in [-0.15, -0.1) is 0 Å². The SMILES string of the molecule is O=C(c1cccc(OC[C@@H]2CCCN(C(=O)c3cccc(F)c3)C2)c1)N1CCCCC1. The van der Waals surface area contributed by atoms with E-state index in [9.17, 15) is 14.0 Å². The monoisotopic (exact) mass is 424 g/mol. The van der Waals surface area contributed by atoms with E-state index in [4.69, 9.17) is 4.74 Å². The maximum atomic E-state index is 13.5. The Morgan fingerprint density at radius 3 is 2.32 bits per heavy atom. The summed E-state index contributed by atoms with van der Waals surface area (Å²) < 4.78 is 19.5. The molecule has 2 amide bonds. The fourth-order valence-electron chi connectivity index (χ4n) is 4.40. The highest BCUT2D eigenvalue weighted by Crippen LogP contribution is 2.22. The first-order valence-corrected chi connectivity index (χ1v) is 11.2. The van der Waals surface area contributed by atoms with Crippen LogP contribution < -0.4 is 4.74 Å². The summed E-state index contributed by atoms with van der Waals surface area (Å²) in [4.78, 5) is 29.1. The first kappa shape index (κ1) is 21.3. The van der Waals surface area contributed by atoms with Crippen LogP contribution in [0.3, 0.4) is 0 Å². The Hall–Kier alpha value is -2.89. The van der Waals surface area contributed by atoms with E-state index in [0.717, 1.165) is 38.8 Å². The molecular formula is C25H29FN2O3. The Morgan fingerprint density at radius 2 is 1.55 bits per heavy atom. The summed E-state index contributed by atoms with van der Waals surface area (Å²) in [6.07, 6.45) is 5.18. The van der Waals surface area contributed by atoms with Crippen molar-refractivity contribution in [2.45, 2.75) is 32.1 Å². The van der Waals surface area contributed by atoms with E-state index in [1.54, 1.807) is 17.0 Å². The second-order valence-electron chi connectivity index (χ2n) is 8.46. The van der Waals surface area contributed by atoms with Gasteiger partial charge in [-0.2, -0.15) is 0 Å². The number of amides is 2. The Balaban J connectivity index is 1.33. The third-order valence-electron chi connectivity index (χ3n) is 6.09. The summed E-state index contributed by atoms with van der Waals surface area (Å²) in [6.45, 7) is 3.38. The van der Waals surface area contributed by atoms with E-state index in [1.807, 2.05) is 29.2 Å². The van der Waals surface area contributed by atoms with E-state index < -0.39 is 5.82 Å². The number of hydrogen-bond acceptors (Lipinski definition) is 3. The molecule has 0 unspecified atom stereocenters. The lowest BCUT2D eigenvalue weighted by molar-refractivity contribution is 0.0631. The molecule has 31 heavy (non-hydrogen) atoms. The third-order valence-corrected chi connectivity index (χ3v) is 6.09. The van der Waals surface area contributed by atoms with Gasteiger partial charge in [0.1, 0.15) is 11.6 Å². The largest absolute Gasteiger partial charge is 0.493 e. The number of carbonyl (C=O) groups is 2. The zero-order chi connectivity index (χ0) is 21.6. The molecule has 0 saturated carbocycles. The van der Waals surface area contributed by atoms with Crippen LogP contribution in [-0.2, 0) is 0 Å². The molecule has 2 aliphatic heterocycles. The van der Waals surface area contributed by atoms with Crippen LogP contribution in [0.1, 0.15) is 52.8 Å². The normalized spacial score (nSPS) is 19.2. The average Bonchev–Trinajstić information content (AvgIpc) is 2.83. The van der Waals surface area contributed by atoms with Crippen molar-refractivity contribution in [3.63, 3.8) is 0 Å². The van der Waals surface area contributed by atoms with Crippen LogP contribution in [0.4, 0.5) is 4.39 Å². The Kier molecular flexibility index (Phi) is 6.85. The van der Waals surface area contributed by atoms with Gasteiger partial charge in [0.05, 0.1) is 6.61 Å². The first-order valence-electron chi connectivity index (χ1n) is 11.2. The molecule has 2 fully saturated rings. The number of hydrogen-bond donors (Lipinski definition) is 0. The molecule has 2 aliphatic rings. The van der Waals surface area contributed by atoms with Crippen LogP contribution in [0.25, 0.3) is 0 Å². The van der Waals surface area contributed by atoms with Crippen LogP contribution in [0.2, 0.25) is 0 Å². The lowest BCUT2D eigenvalue weighted by atomic mass is 9.98. The maximum Gasteiger partial charge on any atom is 0.253 e. The number of likely N-dealkylation sites (tertiary alicyclic amines) is 2. The van der Waals surface area contributed by atoms with Crippen LogP contribution in [0, 0.1) is 11.7 Å². The van der Waals surface area contributed by atoms with Crippen molar-refractivity contribution < 1.29 is 18.7 Å². The Labute approximate surface area is 182 Å². The van der Waals surface area contributed by atoms with Gasteiger partial charge in [0.15, 0.2) is 0 Å². The molecule has 6 heteroatoms. The molecule has 2 aromatic carbocycles. The van der Waals surface area contributed by atoms with Gasteiger partial charge in [0.25, 0.3) is 11.8 Å². The van der Waals surface area contributed by atoms with Crippen molar-refractivity contribution >= 4 is 11.8 Å². The lowest BCUT2D eigenvalue weighted by Crippen LogP contribution is -2.41. The molecule has 2 heterocycles. The molecule has 2 saturated heterocycles. The predicted molar refractivity (Wildman–Crippen MR) is 117 cm³/mol. The van der Waals surface area contributed by atoms with Gasteiger partial charge in [-0.3, -0.25) is 9.59 Å². The average molecular weight is 425 g/mol. The molecule has 0 aliphatic carbocycles. The minimum Gasteiger partial charge on any atom is -0.493 e. The van der Waals surface area contributed by atoms with Crippen LogP contribution in [0.15, 0.2) is 48.5 Å². The van der Waals surface area contributed by atoms with Gasteiger partial charge in [-0.25, -0.2) is 4.39 Å². The summed E-state index contributed by atoms with van der Waals surface area (Å²) >= 11 is 0. The van der Waals surface area contributed by atoms with E-state index in [-0.39, 0.29) is 17.7 Å². The highest BCUT2D eigenvalue weighted by atomic mass is 19.1. The maximum absolute atomic E-state index is 13.5. The Bertz CT molecular complexity index is 926. The Morgan fingerprint density at radius 1 is 0.871 bits per heavy atom. The fraction of sp³-hybridized carbons (Fsp3) is 0.440. The van der Waals surface area contributed by atoms with Gasteiger partial charge in [0, 0.05) is 43.2 Å². The van der Waals surface area contributed by atoms with Gasteiger partial charge in [-0.1, -0.05) is 12.1 Å². The number of nitrogens with zero attached hydrogens (tertiary/aromatic N) is 2. The molecule has 0 spiro atoms. The molecule has 2 aromatic rings. The minimum atomic E-state index is -0.401. The van der Waals surface area contributed by atoms with Crippen molar-refractivity contribution in [2.75, 3.05) is 32.8 Å². The summed E-state index contributed by atoms with van der Waals surface area (Å²) in [6, 6.07) is 13.2. The molecule has 0 bridgehead atoms. The number of benzene rings is 2. The van der Waals surface area contributed by atoms with Crippen LogP contribution >= 0.6 is 0 Å². The fourth-order valence-corrected chi connectivity index (χ4v) is 4.40. The van der Waals surface area contributed by atoms with Crippen molar-refractivity contribution in [2.24, 2.45) is 5.92 Å². The van der Waals surface area contributed by atoms with E-state index in [2.05, 4.69) is 0 Å². The zero-order valence-corrected chi connectivity index (χ0v) is 17.8. The number of halogens is 1. The molecule has 4 rings (SSSR count). The minimum absolute atomic E-state index is 0.0645.